The zero-order valence-electron chi connectivity index (χ0n) is 13.3. The Morgan fingerprint density at radius 3 is 2.73 bits per heavy atom. The number of hydrogen-bond acceptors (Lipinski definition) is 3. The molecule has 4 nitrogen and oxygen atoms in total. The van der Waals surface area contributed by atoms with E-state index in [1.165, 1.54) is 0 Å². The monoisotopic (exact) mass is 379 g/mol. The average molecular weight is 380 g/mol. The number of para-hydroxylation sites is 2. The Labute approximate surface area is 159 Å². The number of rotatable bonds is 3. The van der Waals surface area contributed by atoms with Gasteiger partial charge in [0.05, 0.1) is 26.7 Å². The molecule has 0 aliphatic heterocycles. The van der Waals surface area contributed by atoms with Crippen molar-refractivity contribution in [3.05, 3.63) is 76.2 Å². The molecule has 0 bridgehead atoms. The van der Waals surface area contributed by atoms with Crippen LogP contribution in [0, 0.1) is 11.3 Å². The van der Waals surface area contributed by atoms with Crippen molar-refractivity contribution in [1.29, 1.82) is 5.26 Å². The Kier molecular flexibility index (Phi) is 4.26. The summed E-state index contributed by atoms with van der Waals surface area (Å²) in [6.45, 7) is 0. The SMILES string of the molecule is N#C/C(=C/c1ccc(-c2cccc(Cl)c2Cl)o1)c1nc2ccccc2[nH]1. The topological polar surface area (TPSA) is 65.6 Å². The molecule has 26 heavy (non-hydrogen) atoms. The summed E-state index contributed by atoms with van der Waals surface area (Å²) < 4.78 is 5.82. The number of imidazole rings is 1. The maximum atomic E-state index is 9.51. The normalized spacial score (nSPS) is 11.7. The van der Waals surface area contributed by atoms with Gasteiger partial charge in [0.25, 0.3) is 0 Å². The van der Waals surface area contributed by atoms with Crippen LogP contribution >= 0.6 is 23.2 Å². The number of H-pyrrole nitrogens is 1. The quantitative estimate of drug-likeness (QED) is 0.431. The van der Waals surface area contributed by atoms with Crippen LogP contribution in [0.2, 0.25) is 10.0 Å². The highest BCUT2D eigenvalue weighted by atomic mass is 35.5. The maximum absolute atomic E-state index is 9.51. The van der Waals surface area contributed by atoms with Crippen LogP contribution < -0.4 is 0 Å². The number of aromatic nitrogens is 2. The predicted octanol–water partition coefficient (Wildman–Crippen LogP) is 6.19. The number of fused-ring (bicyclic) bond motifs is 1. The molecule has 0 radical (unpaired) electrons. The van der Waals surface area contributed by atoms with Crippen molar-refractivity contribution in [2.75, 3.05) is 0 Å². The second kappa shape index (κ2) is 6.72. The van der Waals surface area contributed by atoms with Gasteiger partial charge in [0.2, 0.25) is 0 Å². The lowest BCUT2D eigenvalue weighted by atomic mass is 10.2. The highest BCUT2D eigenvalue weighted by molar-refractivity contribution is 6.43. The Morgan fingerprint density at radius 1 is 1.08 bits per heavy atom. The van der Waals surface area contributed by atoms with Gasteiger partial charge in [-0.3, -0.25) is 0 Å². The van der Waals surface area contributed by atoms with Crippen LogP contribution in [0.3, 0.4) is 0 Å². The first-order valence-electron chi connectivity index (χ1n) is 7.77. The van der Waals surface area contributed by atoms with Gasteiger partial charge in [0, 0.05) is 11.6 Å². The third-order valence-corrected chi connectivity index (χ3v) is 4.71. The molecule has 0 unspecified atom stereocenters. The molecule has 6 heteroatoms. The fraction of sp³-hybridized carbons (Fsp3) is 0. The summed E-state index contributed by atoms with van der Waals surface area (Å²) in [5.74, 6) is 1.59. The lowest BCUT2D eigenvalue weighted by Gasteiger charge is -2.02. The zero-order chi connectivity index (χ0) is 18.1. The molecule has 0 saturated carbocycles. The van der Waals surface area contributed by atoms with Crippen molar-refractivity contribution in [2.24, 2.45) is 0 Å². The first-order valence-corrected chi connectivity index (χ1v) is 8.52. The number of benzene rings is 2. The first kappa shape index (κ1) is 16.5. The molecule has 2 aromatic heterocycles. The van der Waals surface area contributed by atoms with Crippen LogP contribution in [0.4, 0.5) is 0 Å². The van der Waals surface area contributed by atoms with E-state index in [0.29, 0.717) is 38.5 Å². The number of aromatic amines is 1. The van der Waals surface area contributed by atoms with Crippen LogP contribution in [0.25, 0.3) is 34.0 Å². The van der Waals surface area contributed by atoms with Crippen LogP contribution in [-0.2, 0) is 0 Å². The zero-order valence-corrected chi connectivity index (χ0v) is 14.8. The van der Waals surface area contributed by atoms with E-state index >= 15 is 0 Å². The fourth-order valence-corrected chi connectivity index (χ4v) is 3.04. The molecule has 0 atom stereocenters. The molecule has 2 heterocycles. The summed E-state index contributed by atoms with van der Waals surface area (Å²) in [6, 6.07) is 18.7. The largest absolute Gasteiger partial charge is 0.457 e. The summed E-state index contributed by atoms with van der Waals surface area (Å²) in [4.78, 5) is 7.58. The molecule has 4 aromatic rings. The van der Waals surface area contributed by atoms with E-state index in [0.717, 1.165) is 11.0 Å². The van der Waals surface area contributed by atoms with Crippen molar-refractivity contribution in [3.8, 4) is 17.4 Å². The number of furan rings is 1. The minimum absolute atomic E-state index is 0.374. The van der Waals surface area contributed by atoms with Crippen molar-refractivity contribution >= 4 is 45.9 Å². The lowest BCUT2D eigenvalue weighted by molar-refractivity contribution is 0.572. The summed E-state index contributed by atoms with van der Waals surface area (Å²) in [5.41, 5.74) is 2.74. The average Bonchev–Trinajstić information content (AvgIpc) is 3.28. The number of allylic oxidation sites excluding steroid dienone is 1. The molecule has 1 N–H and O–H groups in total. The van der Waals surface area contributed by atoms with Crippen molar-refractivity contribution in [2.45, 2.75) is 0 Å². The highest BCUT2D eigenvalue weighted by Gasteiger charge is 2.12. The fourth-order valence-electron chi connectivity index (χ4n) is 2.65. The van der Waals surface area contributed by atoms with Crippen LogP contribution in [-0.4, -0.2) is 9.97 Å². The van der Waals surface area contributed by atoms with E-state index in [-0.39, 0.29) is 0 Å². The van der Waals surface area contributed by atoms with E-state index < -0.39 is 0 Å². The standard InChI is InChI=1S/C20H11Cl2N3O/c21-15-5-3-4-14(19(15)22)18-9-8-13(26-18)10-12(11-23)20-24-16-6-1-2-7-17(16)25-20/h1-10H,(H,24,25)/b12-10-. The molecular weight excluding hydrogens is 369 g/mol. The van der Waals surface area contributed by atoms with Gasteiger partial charge in [-0.1, -0.05) is 41.4 Å². The van der Waals surface area contributed by atoms with Gasteiger partial charge in [-0.25, -0.2) is 4.98 Å². The minimum Gasteiger partial charge on any atom is -0.457 e. The summed E-state index contributed by atoms with van der Waals surface area (Å²) >= 11 is 12.3. The smallest absolute Gasteiger partial charge is 0.149 e. The molecule has 0 spiro atoms. The molecular formula is C20H11Cl2N3O. The van der Waals surface area contributed by atoms with Gasteiger partial charge in [-0.15, -0.1) is 0 Å². The Bertz CT molecular complexity index is 1150. The second-order valence-electron chi connectivity index (χ2n) is 5.58. The summed E-state index contributed by atoms with van der Waals surface area (Å²) in [7, 11) is 0. The third-order valence-electron chi connectivity index (χ3n) is 3.90. The first-order chi connectivity index (χ1) is 12.7. The number of halogens is 2. The summed E-state index contributed by atoms with van der Waals surface area (Å²) in [5, 5.41) is 10.4. The van der Waals surface area contributed by atoms with Crippen LogP contribution in [0.15, 0.2) is 59.0 Å². The number of nitriles is 1. The van der Waals surface area contributed by atoms with E-state index in [1.54, 1.807) is 30.3 Å². The van der Waals surface area contributed by atoms with Gasteiger partial charge in [-0.2, -0.15) is 5.26 Å². The Hall–Kier alpha value is -3.00. The molecule has 0 fully saturated rings. The molecule has 0 saturated heterocycles. The van der Waals surface area contributed by atoms with Gasteiger partial charge >= 0.3 is 0 Å². The van der Waals surface area contributed by atoms with Crippen molar-refractivity contribution in [1.82, 2.24) is 9.97 Å². The third kappa shape index (κ3) is 2.99. The van der Waals surface area contributed by atoms with Gasteiger partial charge in [0.1, 0.15) is 23.4 Å². The van der Waals surface area contributed by atoms with E-state index in [1.807, 2.05) is 30.3 Å². The molecule has 0 aliphatic carbocycles. The number of nitrogens with zero attached hydrogens (tertiary/aromatic N) is 2. The van der Waals surface area contributed by atoms with E-state index in [2.05, 4.69) is 16.0 Å². The van der Waals surface area contributed by atoms with Crippen LogP contribution in [0.1, 0.15) is 11.6 Å². The number of nitrogens with one attached hydrogen (secondary N) is 1. The number of hydrogen-bond donors (Lipinski definition) is 1. The van der Waals surface area contributed by atoms with Crippen molar-refractivity contribution < 1.29 is 4.42 Å². The second-order valence-corrected chi connectivity index (χ2v) is 6.36. The van der Waals surface area contributed by atoms with E-state index in [4.69, 9.17) is 27.6 Å². The lowest BCUT2D eigenvalue weighted by Crippen LogP contribution is -1.84. The highest BCUT2D eigenvalue weighted by Crippen LogP contribution is 2.34. The molecule has 4 rings (SSSR count). The van der Waals surface area contributed by atoms with E-state index in [9.17, 15) is 5.26 Å². The predicted molar refractivity (Wildman–Crippen MR) is 104 cm³/mol. The maximum Gasteiger partial charge on any atom is 0.149 e. The van der Waals surface area contributed by atoms with Crippen molar-refractivity contribution in [3.63, 3.8) is 0 Å². The van der Waals surface area contributed by atoms with Gasteiger partial charge in [-0.05, 0) is 36.4 Å². The molecule has 2 aromatic carbocycles. The Morgan fingerprint density at radius 2 is 1.92 bits per heavy atom. The van der Waals surface area contributed by atoms with Gasteiger partial charge < -0.3 is 9.40 Å². The molecule has 126 valence electrons. The van der Waals surface area contributed by atoms with Crippen LogP contribution in [0.5, 0.6) is 0 Å². The van der Waals surface area contributed by atoms with Gasteiger partial charge in [0.15, 0.2) is 0 Å². The molecule has 0 amide bonds. The minimum atomic E-state index is 0.374. The Balaban J connectivity index is 1.72. The summed E-state index contributed by atoms with van der Waals surface area (Å²) in [6.07, 6.45) is 1.64. The molecule has 0 aliphatic rings.